The van der Waals surface area contributed by atoms with Crippen LogP contribution in [0.25, 0.3) is 11.3 Å². The number of carbonyl (C=O) groups excluding carboxylic acids is 1. The van der Waals surface area contributed by atoms with Gasteiger partial charge in [0, 0.05) is 30.3 Å². The molecule has 10 nitrogen and oxygen atoms in total. The summed E-state index contributed by atoms with van der Waals surface area (Å²) >= 11 is 0. The van der Waals surface area contributed by atoms with Crippen LogP contribution in [0.4, 0.5) is 11.8 Å². The van der Waals surface area contributed by atoms with Crippen molar-refractivity contribution in [3.63, 3.8) is 0 Å². The molecule has 0 aliphatic heterocycles. The Morgan fingerprint density at radius 3 is 2.67 bits per heavy atom. The summed E-state index contributed by atoms with van der Waals surface area (Å²) in [7, 11) is 0. The third-order valence-electron chi connectivity index (χ3n) is 3.81. The average Bonchev–Trinajstić information content (AvgIpc) is 3.15. The average molecular weight is 367 g/mol. The smallest absolute Gasteiger partial charge is 0.340 e. The molecule has 2 heterocycles. The number of amides is 1. The molecule has 0 spiro atoms. The number of nitrogens with two attached hydrogens (primary N) is 1. The summed E-state index contributed by atoms with van der Waals surface area (Å²) < 4.78 is 0. The topological polar surface area (TPSA) is 153 Å². The van der Waals surface area contributed by atoms with Crippen LogP contribution in [0.1, 0.15) is 22.6 Å². The first-order valence-electron chi connectivity index (χ1n) is 8.18. The van der Waals surface area contributed by atoms with E-state index in [1.807, 2.05) is 0 Å². The Morgan fingerprint density at radius 2 is 2.00 bits per heavy atom. The highest BCUT2D eigenvalue weighted by Crippen LogP contribution is 2.18. The molecule has 3 rings (SSSR count). The number of imidazole rings is 1. The molecule has 27 heavy (non-hydrogen) atoms. The van der Waals surface area contributed by atoms with Crippen molar-refractivity contribution in [3.8, 4) is 11.3 Å². The molecule has 1 aromatic carbocycles. The molecule has 0 atom stereocenters. The van der Waals surface area contributed by atoms with Crippen molar-refractivity contribution in [1.82, 2.24) is 19.9 Å². The first-order chi connectivity index (χ1) is 13.0. The maximum Gasteiger partial charge on any atom is 0.340 e. The number of aromatic nitrogens is 4. The first kappa shape index (κ1) is 18.0. The minimum atomic E-state index is -0.510. The lowest BCUT2D eigenvalue weighted by Gasteiger charge is -2.06. The molecular formula is C17H17N7O3. The van der Waals surface area contributed by atoms with Crippen molar-refractivity contribution in [3.05, 3.63) is 64.2 Å². The summed E-state index contributed by atoms with van der Waals surface area (Å²) in [6, 6.07) is 8.61. The number of aromatic amines is 1. The third kappa shape index (κ3) is 4.63. The molecule has 138 valence electrons. The van der Waals surface area contributed by atoms with E-state index in [0.29, 0.717) is 42.4 Å². The number of benzene rings is 1. The van der Waals surface area contributed by atoms with Crippen LogP contribution < -0.4 is 11.1 Å². The molecule has 2 aromatic heterocycles. The zero-order valence-corrected chi connectivity index (χ0v) is 14.3. The Balaban J connectivity index is 1.55. The Bertz CT molecular complexity index is 953. The molecule has 0 aliphatic rings. The minimum Gasteiger partial charge on any atom is -0.366 e. The molecule has 4 N–H and O–H groups in total. The Morgan fingerprint density at radius 1 is 1.22 bits per heavy atom. The maximum absolute atomic E-state index is 11.1. The highest BCUT2D eigenvalue weighted by molar-refractivity contribution is 5.93. The standard InChI is InChI=1S/C17H17N7O3/c18-16(25)12-5-3-11(4-6-12)13-7-9-20-17(22-13)19-8-1-2-14-21-10-15(23-14)24(26)27/h3-7,9-10H,1-2,8H2,(H2,18,25)(H,21,23)(H,19,20,22). The van der Waals surface area contributed by atoms with Crippen LogP contribution in [0.3, 0.4) is 0 Å². The van der Waals surface area contributed by atoms with Gasteiger partial charge in [0.1, 0.15) is 6.20 Å². The zero-order valence-electron chi connectivity index (χ0n) is 14.3. The van der Waals surface area contributed by atoms with E-state index >= 15 is 0 Å². The van der Waals surface area contributed by atoms with Gasteiger partial charge < -0.3 is 21.2 Å². The van der Waals surface area contributed by atoms with Gasteiger partial charge in [0.25, 0.3) is 0 Å². The molecule has 0 fully saturated rings. The van der Waals surface area contributed by atoms with Crippen LogP contribution in [0.15, 0.2) is 42.7 Å². The molecule has 0 aliphatic carbocycles. The lowest BCUT2D eigenvalue weighted by molar-refractivity contribution is -0.389. The normalized spacial score (nSPS) is 10.5. The van der Waals surface area contributed by atoms with E-state index in [4.69, 9.17) is 5.73 Å². The molecule has 10 heteroatoms. The van der Waals surface area contributed by atoms with Gasteiger partial charge in [-0.05, 0) is 29.5 Å². The SMILES string of the molecule is NC(=O)c1ccc(-c2ccnc(NCCCc3ncc([N+](=O)[O-])[nH]3)n2)cc1. The fourth-order valence-electron chi connectivity index (χ4n) is 2.44. The molecule has 0 unspecified atom stereocenters. The second-order valence-corrected chi connectivity index (χ2v) is 5.71. The molecule has 0 saturated heterocycles. The summed E-state index contributed by atoms with van der Waals surface area (Å²) in [4.78, 5) is 36.5. The van der Waals surface area contributed by atoms with E-state index in [9.17, 15) is 14.9 Å². The molecule has 0 bridgehead atoms. The number of nitro groups is 1. The van der Waals surface area contributed by atoms with Crippen molar-refractivity contribution >= 4 is 17.7 Å². The minimum absolute atomic E-state index is 0.114. The number of carbonyl (C=O) groups is 1. The quantitative estimate of drug-likeness (QED) is 0.312. The number of H-pyrrole nitrogens is 1. The van der Waals surface area contributed by atoms with Crippen LogP contribution in [0.5, 0.6) is 0 Å². The van der Waals surface area contributed by atoms with E-state index < -0.39 is 10.8 Å². The van der Waals surface area contributed by atoms with Gasteiger partial charge in [0.2, 0.25) is 11.9 Å². The predicted octanol–water partition coefficient (Wildman–Crippen LogP) is 1.92. The second-order valence-electron chi connectivity index (χ2n) is 5.71. The van der Waals surface area contributed by atoms with Crippen LogP contribution in [0, 0.1) is 10.1 Å². The third-order valence-corrected chi connectivity index (χ3v) is 3.81. The Kier molecular flexibility index (Phi) is 5.36. The molecule has 1 amide bonds. The van der Waals surface area contributed by atoms with Gasteiger partial charge >= 0.3 is 5.82 Å². The number of nitrogens with zero attached hydrogens (tertiary/aromatic N) is 4. The predicted molar refractivity (Wildman–Crippen MR) is 98.0 cm³/mol. The summed E-state index contributed by atoms with van der Waals surface area (Å²) in [6.45, 7) is 0.582. The zero-order chi connectivity index (χ0) is 19.2. The second kappa shape index (κ2) is 8.04. The van der Waals surface area contributed by atoms with Crippen LogP contribution in [-0.2, 0) is 6.42 Å². The fraction of sp³-hybridized carbons (Fsp3) is 0.176. The van der Waals surface area contributed by atoms with Crippen molar-refractivity contribution in [1.29, 1.82) is 0 Å². The Labute approximate surface area is 154 Å². The number of hydrogen-bond acceptors (Lipinski definition) is 7. The fourth-order valence-corrected chi connectivity index (χ4v) is 2.44. The molecule has 3 aromatic rings. The van der Waals surface area contributed by atoms with Gasteiger partial charge in [0.05, 0.1) is 5.69 Å². The van der Waals surface area contributed by atoms with E-state index in [1.165, 1.54) is 6.20 Å². The molecular weight excluding hydrogens is 350 g/mol. The maximum atomic E-state index is 11.1. The van der Waals surface area contributed by atoms with Gasteiger partial charge in [-0.1, -0.05) is 12.1 Å². The summed E-state index contributed by atoms with van der Waals surface area (Å²) in [6.07, 6.45) is 4.11. The first-order valence-corrected chi connectivity index (χ1v) is 8.18. The van der Waals surface area contributed by atoms with Gasteiger partial charge in [-0.2, -0.15) is 0 Å². The number of rotatable bonds is 8. The van der Waals surface area contributed by atoms with Gasteiger partial charge in [0.15, 0.2) is 5.82 Å². The van der Waals surface area contributed by atoms with Crippen molar-refractivity contribution in [2.45, 2.75) is 12.8 Å². The number of aryl methyl sites for hydroxylation is 1. The lowest BCUT2D eigenvalue weighted by Crippen LogP contribution is -2.10. The summed E-state index contributed by atoms with van der Waals surface area (Å²) in [5.74, 6) is 0.439. The van der Waals surface area contributed by atoms with Gasteiger partial charge in [-0.15, -0.1) is 0 Å². The molecule has 0 saturated carbocycles. The Hall–Kier alpha value is -3.82. The van der Waals surface area contributed by atoms with Gasteiger partial charge in [-0.3, -0.25) is 4.79 Å². The monoisotopic (exact) mass is 367 g/mol. The van der Waals surface area contributed by atoms with Crippen molar-refractivity contribution in [2.75, 3.05) is 11.9 Å². The van der Waals surface area contributed by atoms with Crippen LogP contribution in [-0.4, -0.2) is 37.3 Å². The number of nitrogens with one attached hydrogen (secondary N) is 2. The highest BCUT2D eigenvalue weighted by atomic mass is 16.6. The van der Waals surface area contributed by atoms with Crippen molar-refractivity contribution < 1.29 is 9.72 Å². The van der Waals surface area contributed by atoms with E-state index in [0.717, 1.165) is 5.56 Å². The molecule has 0 radical (unpaired) electrons. The van der Waals surface area contributed by atoms with E-state index in [2.05, 4.69) is 25.3 Å². The number of anilines is 1. The summed E-state index contributed by atoms with van der Waals surface area (Å²) in [5, 5.41) is 13.7. The van der Waals surface area contributed by atoms with Crippen LogP contribution >= 0.6 is 0 Å². The number of hydrogen-bond donors (Lipinski definition) is 3. The largest absolute Gasteiger partial charge is 0.366 e. The lowest BCUT2D eigenvalue weighted by atomic mass is 10.1. The van der Waals surface area contributed by atoms with Crippen LogP contribution in [0.2, 0.25) is 0 Å². The number of primary amides is 1. The van der Waals surface area contributed by atoms with E-state index in [-0.39, 0.29) is 5.82 Å². The summed E-state index contributed by atoms with van der Waals surface area (Å²) in [5.41, 5.74) is 7.23. The van der Waals surface area contributed by atoms with E-state index in [1.54, 1.807) is 36.5 Å². The van der Waals surface area contributed by atoms with Crippen molar-refractivity contribution in [2.24, 2.45) is 5.73 Å². The highest BCUT2D eigenvalue weighted by Gasteiger charge is 2.09. The van der Waals surface area contributed by atoms with Gasteiger partial charge in [-0.25, -0.2) is 19.9 Å².